The molecule has 0 bridgehead atoms. The molecule has 0 aliphatic carbocycles. The fourth-order valence-corrected chi connectivity index (χ4v) is 2.39. The highest BCUT2D eigenvalue weighted by molar-refractivity contribution is 5.90. The van der Waals surface area contributed by atoms with Crippen LogP contribution in [0.25, 0.3) is 5.57 Å². The van der Waals surface area contributed by atoms with Crippen molar-refractivity contribution in [2.24, 2.45) is 0 Å². The van der Waals surface area contributed by atoms with E-state index in [0.29, 0.717) is 23.0 Å². The average molecular weight is 328 g/mol. The number of ether oxygens (including phenoxy) is 4. The first-order valence-electron chi connectivity index (χ1n) is 7.28. The van der Waals surface area contributed by atoms with Gasteiger partial charge in [-0.25, -0.2) is 0 Å². The molecule has 2 aromatic carbocycles. The number of hydrogen-bond donors (Lipinski definition) is 0. The van der Waals surface area contributed by atoms with Crippen LogP contribution < -0.4 is 18.9 Å². The average Bonchev–Trinajstić information content (AvgIpc) is 2.64. The van der Waals surface area contributed by atoms with E-state index in [4.69, 9.17) is 18.9 Å². The number of hydrogen-bond acceptors (Lipinski definition) is 5. The molecule has 0 unspecified atom stereocenters. The van der Waals surface area contributed by atoms with Crippen molar-refractivity contribution in [3.05, 3.63) is 53.6 Å². The van der Waals surface area contributed by atoms with Gasteiger partial charge in [0.2, 0.25) is 0 Å². The molecule has 0 aliphatic heterocycles. The first kappa shape index (κ1) is 17.4. The Morgan fingerprint density at radius 2 is 1.38 bits per heavy atom. The van der Waals surface area contributed by atoms with Crippen LogP contribution in [-0.2, 0) is 4.79 Å². The van der Waals surface area contributed by atoms with Crippen LogP contribution in [0.15, 0.2) is 42.5 Å². The smallest absolute Gasteiger partial charge is 0.161 e. The molecule has 5 nitrogen and oxygen atoms in total. The zero-order valence-electron chi connectivity index (χ0n) is 14.2. The molecule has 2 aromatic rings. The molecule has 24 heavy (non-hydrogen) atoms. The van der Waals surface area contributed by atoms with Gasteiger partial charge in [-0.3, -0.25) is 4.79 Å². The summed E-state index contributed by atoms with van der Waals surface area (Å²) in [5.74, 6) is 2.49. The molecule has 0 saturated heterocycles. The molecule has 126 valence electrons. The molecule has 0 amide bonds. The van der Waals surface area contributed by atoms with Crippen molar-refractivity contribution in [1.29, 1.82) is 0 Å². The highest BCUT2D eigenvalue weighted by Gasteiger charge is 2.12. The first-order chi connectivity index (χ1) is 11.7. The minimum atomic E-state index is 0.585. The van der Waals surface area contributed by atoms with E-state index in [9.17, 15) is 4.79 Å². The molecule has 0 spiro atoms. The second kappa shape index (κ2) is 8.06. The third-order valence-corrected chi connectivity index (χ3v) is 3.59. The minimum Gasteiger partial charge on any atom is -0.497 e. The molecule has 5 heteroatoms. The van der Waals surface area contributed by atoms with Crippen LogP contribution in [0.3, 0.4) is 0 Å². The molecular weight excluding hydrogens is 308 g/mol. The monoisotopic (exact) mass is 328 g/mol. The van der Waals surface area contributed by atoms with Crippen molar-refractivity contribution in [3.8, 4) is 23.0 Å². The van der Waals surface area contributed by atoms with Gasteiger partial charge in [-0.15, -0.1) is 0 Å². The second-order valence-corrected chi connectivity index (χ2v) is 4.89. The largest absolute Gasteiger partial charge is 0.497 e. The summed E-state index contributed by atoms with van der Waals surface area (Å²) in [6.07, 6.45) is 2.24. The summed E-state index contributed by atoms with van der Waals surface area (Å²) in [5.41, 5.74) is 2.34. The number of carbonyl (C=O) groups is 1. The Morgan fingerprint density at radius 1 is 0.750 bits per heavy atom. The molecule has 0 fully saturated rings. The lowest BCUT2D eigenvalue weighted by Gasteiger charge is -2.14. The molecule has 0 saturated carbocycles. The van der Waals surface area contributed by atoms with Gasteiger partial charge < -0.3 is 18.9 Å². The van der Waals surface area contributed by atoms with Gasteiger partial charge in [0.25, 0.3) is 0 Å². The van der Waals surface area contributed by atoms with E-state index in [0.717, 1.165) is 23.0 Å². The maximum absolute atomic E-state index is 11.2. The lowest BCUT2D eigenvalue weighted by atomic mass is 9.96. The molecular formula is C19H20O5. The Hall–Kier alpha value is -2.95. The van der Waals surface area contributed by atoms with Gasteiger partial charge in [0, 0.05) is 6.07 Å². The van der Waals surface area contributed by atoms with E-state index < -0.39 is 0 Å². The van der Waals surface area contributed by atoms with Crippen LogP contribution in [-0.4, -0.2) is 34.7 Å². The Kier molecular flexibility index (Phi) is 5.84. The number of carbonyl (C=O) groups excluding carboxylic acids is 1. The van der Waals surface area contributed by atoms with Crippen molar-refractivity contribution >= 4 is 11.9 Å². The zero-order chi connectivity index (χ0) is 17.5. The predicted molar refractivity (Wildman–Crippen MR) is 92.2 cm³/mol. The Bertz CT molecular complexity index is 727. The lowest BCUT2D eigenvalue weighted by molar-refractivity contribution is -0.104. The van der Waals surface area contributed by atoms with Crippen molar-refractivity contribution in [1.82, 2.24) is 0 Å². The summed E-state index contributed by atoms with van der Waals surface area (Å²) in [5, 5.41) is 0. The second-order valence-electron chi connectivity index (χ2n) is 4.89. The van der Waals surface area contributed by atoms with Gasteiger partial charge in [-0.2, -0.15) is 0 Å². The molecule has 0 heterocycles. The summed E-state index contributed by atoms with van der Waals surface area (Å²) < 4.78 is 21.2. The van der Waals surface area contributed by atoms with Crippen molar-refractivity contribution in [3.63, 3.8) is 0 Å². The van der Waals surface area contributed by atoms with Gasteiger partial charge in [0.15, 0.2) is 11.5 Å². The molecule has 0 aliphatic rings. The Labute approximate surface area is 141 Å². The number of rotatable bonds is 7. The number of aldehydes is 1. The first-order valence-corrected chi connectivity index (χ1v) is 7.28. The van der Waals surface area contributed by atoms with Gasteiger partial charge in [0.1, 0.15) is 17.8 Å². The summed E-state index contributed by atoms with van der Waals surface area (Å²) in [7, 11) is 6.31. The van der Waals surface area contributed by atoms with Gasteiger partial charge in [-0.1, -0.05) is 6.07 Å². The Balaban J connectivity index is 2.59. The summed E-state index contributed by atoms with van der Waals surface area (Å²) in [6.45, 7) is 0. The summed E-state index contributed by atoms with van der Waals surface area (Å²) >= 11 is 0. The van der Waals surface area contributed by atoms with Crippen LogP contribution in [0.5, 0.6) is 23.0 Å². The zero-order valence-corrected chi connectivity index (χ0v) is 14.2. The standard InChI is InChI=1S/C19H20O5/c1-21-15-9-14(10-16(12-15)22-2)17(7-8-20)13-5-6-18(23-3)19(11-13)24-4/h5-12H,1-4H3. The van der Waals surface area contributed by atoms with E-state index >= 15 is 0 Å². The highest BCUT2D eigenvalue weighted by Crippen LogP contribution is 2.35. The van der Waals surface area contributed by atoms with Crippen LogP contribution in [0.4, 0.5) is 0 Å². The SMILES string of the molecule is COc1cc(OC)cc(C(=CC=O)c2ccc(OC)c(OC)c2)c1. The topological polar surface area (TPSA) is 54.0 Å². The van der Waals surface area contributed by atoms with E-state index in [1.165, 1.54) is 6.08 Å². The van der Waals surface area contributed by atoms with Crippen molar-refractivity contribution in [2.45, 2.75) is 0 Å². The molecule has 0 aromatic heterocycles. The van der Waals surface area contributed by atoms with E-state index in [1.54, 1.807) is 40.6 Å². The number of benzene rings is 2. The number of allylic oxidation sites excluding steroid dienone is 1. The van der Waals surface area contributed by atoms with Gasteiger partial charge >= 0.3 is 0 Å². The van der Waals surface area contributed by atoms with Crippen molar-refractivity contribution < 1.29 is 23.7 Å². The third kappa shape index (κ3) is 3.68. The highest BCUT2D eigenvalue weighted by atomic mass is 16.5. The summed E-state index contributed by atoms with van der Waals surface area (Å²) in [6, 6.07) is 10.9. The third-order valence-electron chi connectivity index (χ3n) is 3.59. The van der Waals surface area contributed by atoms with Crippen LogP contribution >= 0.6 is 0 Å². The fraction of sp³-hybridized carbons (Fsp3) is 0.211. The number of methoxy groups -OCH3 is 4. The molecule has 0 N–H and O–H groups in total. The Morgan fingerprint density at radius 3 is 1.88 bits per heavy atom. The quantitative estimate of drug-likeness (QED) is 0.576. The molecule has 0 atom stereocenters. The predicted octanol–water partition coefficient (Wildman–Crippen LogP) is 3.35. The van der Waals surface area contributed by atoms with E-state index in [1.807, 2.05) is 24.3 Å². The van der Waals surface area contributed by atoms with Gasteiger partial charge in [-0.05, 0) is 47.0 Å². The van der Waals surface area contributed by atoms with Crippen molar-refractivity contribution in [2.75, 3.05) is 28.4 Å². The van der Waals surface area contributed by atoms with E-state index in [2.05, 4.69) is 0 Å². The van der Waals surface area contributed by atoms with Crippen LogP contribution in [0.1, 0.15) is 11.1 Å². The fourth-order valence-electron chi connectivity index (χ4n) is 2.39. The molecule has 0 radical (unpaired) electrons. The molecule has 2 rings (SSSR count). The summed E-state index contributed by atoms with van der Waals surface area (Å²) in [4.78, 5) is 11.2. The van der Waals surface area contributed by atoms with E-state index in [-0.39, 0.29) is 0 Å². The maximum atomic E-state index is 11.2. The van der Waals surface area contributed by atoms with Crippen LogP contribution in [0.2, 0.25) is 0 Å². The minimum absolute atomic E-state index is 0.585. The van der Waals surface area contributed by atoms with Gasteiger partial charge in [0.05, 0.1) is 28.4 Å². The van der Waals surface area contributed by atoms with Crippen LogP contribution in [0, 0.1) is 0 Å². The normalized spacial score (nSPS) is 10.9. The lowest BCUT2D eigenvalue weighted by Crippen LogP contribution is -1.96. The maximum Gasteiger partial charge on any atom is 0.161 e.